The van der Waals surface area contributed by atoms with Crippen molar-refractivity contribution in [1.82, 2.24) is 5.32 Å². The molecule has 0 spiro atoms. The van der Waals surface area contributed by atoms with Crippen molar-refractivity contribution in [3.8, 4) is 0 Å². The van der Waals surface area contributed by atoms with E-state index in [4.69, 9.17) is 0 Å². The summed E-state index contributed by atoms with van der Waals surface area (Å²) in [6.07, 6.45) is 0. The molecule has 2 atom stereocenters. The van der Waals surface area contributed by atoms with Crippen LogP contribution in [-0.4, -0.2) is 18.9 Å². The molecule has 96 valence electrons. The second-order valence-corrected chi connectivity index (χ2v) is 4.79. The molecule has 1 heterocycles. The topological polar surface area (TPSA) is 49.4 Å². The van der Waals surface area contributed by atoms with E-state index in [9.17, 15) is 9.59 Å². The smallest absolute Gasteiger partial charge is 0.237 e. The standard InChI is InChI=1S/C14H18N2O2/c1-9-10(2)14(18)16(13(9)17)12-6-4-11(5-7-12)8-15-3/h4-7,9-10,15H,8H2,1-3H3. The fourth-order valence-corrected chi connectivity index (χ4v) is 2.17. The number of imide groups is 1. The molecule has 0 radical (unpaired) electrons. The van der Waals surface area contributed by atoms with Crippen LogP contribution in [0, 0.1) is 11.8 Å². The van der Waals surface area contributed by atoms with Crippen LogP contribution in [0.1, 0.15) is 19.4 Å². The lowest BCUT2D eigenvalue weighted by atomic mass is 10.00. The summed E-state index contributed by atoms with van der Waals surface area (Å²) in [6, 6.07) is 7.51. The first-order chi connectivity index (χ1) is 8.56. The van der Waals surface area contributed by atoms with Gasteiger partial charge in [0.25, 0.3) is 0 Å². The molecule has 4 heteroatoms. The highest BCUT2D eigenvalue weighted by atomic mass is 16.2. The number of carbonyl (C=O) groups is 2. The van der Waals surface area contributed by atoms with Crippen LogP contribution in [0.25, 0.3) is 0 Å². The molecule has 0 aliphatic carbocycles. The summed E-state index contributed by atoms with van der Waals surface area (Å²) in [5.74, 6) is -0.660. The van der Waals surface area contributed by atoms with Crippen LogP contribution in [-0.2, 0) is 16.1 Å². The predicted molar refractivity (Wildman–Crippen MR) is 70.0 cm³/mol. The first-order valence-electron chi connectivity index (χ1n) is 6.17. The Kier molecular flexibility index (Phi) is 3.48. The van der Waals surface area contributed by atoms with Crippen LogP contribution in [0.2, 0.25) is 0 Å². The lowest BCUT2D eigenvalue weighted by Crippen LogP contribution is -2.30. The summed E-state index contributed by atoms with van der Waals surface area (Å²) < 4.78 is 0. The van der Waals surface area contributed by atoms with Crippen LogP contribution in [0.4, 0.5) is 5.69 Å². The highest BCUT2D eigenvalue weighted by molar-refractivity contribution is 6.21. The van der Waals surface area contributed by atoms with Gasteiger partial charge in [-0.1, -0.05) is 26.0 Å². The molecular weight excluding hydrogens is 228 g/mol. The number of anilines is 1. The molecule has 1 aromatic carbocycles. The van der Waals surface area contributed by atoms with Gasteiger partial charge in [-0.05, 0) is 24.7 Å². The Morgan fingerprint density at radius 3 is 2.00 bits per heavy atom. The molecule has 0 bridgehead atoms. The zero-order chi connectivity index (χ0) is 13.3. The number of hydrogen-bond donors (Lipinski definition) is 1. The monoisotopic (exact) mass is 246 g/mol. The Bertz CT molecular complexity index is 447. The maximum absolute atomic E-state index is 12.0. The molecule has 2 rings (SSSR count). The number of nitrogens with zero attached hydrogens (tertiary/aromatic N) is 1. The maximum Gasteiger partial charge on any atom is 0.237 e. The Labute approximate surface area is 107 Å². The molecule has 0 saturated carbocycles. The highest BCUT2D eigenvalue weighted by Gasteiger charge is 2.42. The lowest BCUT2D eigenvalue weighted by molar-refractivity contribution is -0.122. The number of rotatable bonds is 3. The van der Waals surface area contributed by atoms with Crippen LogP contribution < -0.4 is 10.2 Å². The van der Waals surface area contributed by atoms with E-state index in [1.54, 1.807) is 13.8 Å². The molecule has 1 saturated heterocycles. The van der Waals surface area contributed by atoms with Crippen molar-refractivity contribution in [3.63, 3.8) is 0 Å². The van der Waals surface area contributed by atoms with Crippen molar-refractivity contribution >= 4 is 17.5 Å². The van der Waals surface area contributed by atoms with Gasteiger partial charge in [-0.15, -0.1) is 0 Å². The minimum Gasteiger partial charge on any atom is -0.316 e. The van der Waals surface area contributed by atoms with Gasteiger partial charge in [-0.25, -0.2) is 0 Å². The first kappa shape index (κ1) is 12.8. The van der Waals surface area contributed by atoms with E-state index in [0.717, 1.165) is 12.1 Å². The zero-order valence-corrected chi connectivity index (χ0v) is 10.9. The van der Waals surface area contributed by atoms with Gasteiger partial charge in [0, 0.05) is 18.4 Å². The van der Waals surface area contributed by atoms with Gasteiger partial charge >= 0.3 is 0 Å². The number of hydrogen-bond acceptors (Lipinski definition) is 3. The molecule has 1 aliphatic rings. The van der Waals surface area contributed by atoms with Gasteiger partial charge in [-0.3, -0.25) is 14.5 Å². The fourth-order valence-electron chi connectivity index (χ4n) is 2.17. The molecule has 1 aromatic rings. The molecule has 1 fully saturated rings. The second kappa shape index (κ2) is 4.90. The quantitative estimate of drug-likeness (QED) is 0.823. The summed E-state index contributed by atoms with van der Waals surface area (Å²) in [4.78, 5) is 25.4. The maximum atomic E-state index is 12.0. The summed E-state index contributed by atoms with van der Waals surface area (Å²) in [6.45, 7) is 4.38. The zero-order valence-electron chi connectivity index (χ0n) is 10.9. The average molecular weight is 246 g/mol. The first-order valence-corrected chi connectivity index (χ1v) is 6.17. The van der Waals surface area contributed by atoms with Crippen molar-refractivity contribution in [2.45, 2.75) is 20.4 Å². The summed E-state index contributed by atoms with van der Waals surface area (Å²) in [5, 5.41) is 3.06. The molecule has 0 aromatic heterocycles. The molecule has 2 amide bonds. The van der Waals surface area contributed by atoms with E-state index >= 15 is 0 Å². The minimum absolute atomic E-state index is 0.103. The van der Waals surface area contributed by atoms with E-state index in [0.29, 0.717) is 5.69 Å². The molecule has 1 N–H and O–H groups in total. The van der Waals surface area contributed by atoms with Crippen molar-refractivity contribution < 1.29 is 9.59 Å². The van der Waals surface area contributed by atoms with E-state index in [2.05, 4.69) is 5.32 Å². The van der Waals surface area contributed by atoms with Gasteiger partial charge in [0.15, 0.2) is 0 Å². The highest BCUT2D eigenvalue weighted by Crippen LogP contribution is 2.30. The minimum atomic E-state index is -0.227. The van der Waals surface area contributed by atoms with Crippen molar-refractivity contribution in [2.75, 3.05) is 11.9 Å². The van der Waals surface area contributed by atoms with Crippen LogP contribution in [0.15, 0.2) is 24.3 Å². The van der Waals surface area contributed by atoms with Crippen LogP contribution >= 0.6 is 0 Å². The molecule has 1 aliphatic heterocycles. The fraction of sp³-hybridized carbons (Fsp3) is 0.429. The second-order valence-electron chi connectivity index (χ2n) is 4.79. The SMILES string of the molecule is CNCc1ccc(N2C(=O)C(C)C(C)C2=O)cc1. The third-order valence-electron chi connectivity index (χ3n) is 3.55. The Morgan fingerprint density at radius 1 is 1.06 bits per heavy atom. The van der Waals surface area contributed by atoms with E-state index in [-0.39, 0.29) is 23.7 Å². The number of carbonyl (C=O) groups excluding carboxylic acids is 2. The van der Waals surface area contributed by atoms with Gasteiger partial charge in [0.1, 0.15) is 0 Å². The van der Waals surface area contributed by atoms with Gasteiger partial charge in [-0.2, -0.15) is 0 Å². The normalized spacial score (nSPS) is 23.8. The Hall–Kier alpha value is -1.68. The Balaban J connectivity index is 2.26. The summed E-state index contributed by atoms with van der Waals surface area (Å²) in [7, 11) is 1.88. The average Bonchev–Trinajstić information content (AvgIpc) is 2.56. The van der Waals surface area contributed by atoms with E-state index in [1.807, 2.05) is 31.3 Å². The lowest BCUT2D eigenvalue weighted by Gasteiger charge is -2.15. The van der Waals surface area contributed by atoms with Crippen molar-refractivity contribution in [1.29, 1.82) is 0 Å². The molecule has 4 nitrogen and oxygen atoms in total. The summed E-state index contributed by atoms with van der Waals surface area (Å²) >= 11 is 0. The number of benzene rings is 1. The largest absolute Gasteiger partial charge is 0.316 e. The third-order valence-corrected chi connectivity index (χ3v) is 3.55. The Morgan fingerprint density at radius 2 is 1.56 bits per heavy atom. The van der Waals surface area contributed by atoms with Crippen LogP contribution in [0.5, 0.6) is 0 Å². The van der Waals surface area contributed by atoms with Crippen LogP contribution in [0.3, 0.4) is 0 Å². The van der Waals surface area contributed by atoms with Gasteiger partial charge in [0.2, 0.25) is 11.8 Å². The van der Waals surface area contributed by atoms with Gasteiger partial charge < -0.3 is 5.32 Å². The summed E-state index contributed by atoms with van der Waals surface area (Å²) in [5.41, 5.74) is 1.79. The molecular formula is C14H18N2O2. The predicted octanol–water partition coefficient (Wildman–Crippen LogP) is 1.55. The van der Waals surface area contributed by atoms with E-state index < -0.39 is 0 Å². The molecule has 18 heavy (non-hydrogen) atoms. The molecule has 2 unspecified atom stereocenters. The van der Waals surface area contributed by atoms with Crippen molar-refractivity contribution in [2.24, 2.45) is 11.8 Å². The number of amides is 2. The number of nitrogens with one attached hydrogen (secondary N) is 1. The van der Waals surface area contributed by atoms with E-state index in [1.165, 1.54) is 4.90 Å². The van der Waals surface area contributed by atoms with Gasteiger partial charge in [0.05, 0.1) is 5.69 Å². The van der Waals surface area contributed by atoms with Crippen molar-refractivity contribution in [3.05, 3.63) is 29.8 Å². The third kappa shape index (κ3) is 2.04.